The second kappa shape index (κ2) is 7.66. The fraction of sp³-hybridized carbons (Fsp3) is 0.600. The second-order valence-corrected chi connectivity index (χ2v) is 5.84. The molecule has 2 rings (SSSR count). The van der Waals surface area contributed by atoms with Crippen LogP contribution < -0.4 is 0 Å². The molecule has 0 amide bonds. The fourth-order valence-electron chi connectivity index (χ4n) is 2.45. The van der Waals surface area contributed by atoms with E-state index in [4.69, 9.17) is 5.11 Å². The van der Waals surface area contributed by atoms with E-state index in [1.807, 2.05) is 6.07 Å². The predicted octanol–water partition coefficient (Wildman–Crippen LogP) is 1.83. The summed E-state index contributed by atoms with van der Waals surface area (Å²) in [5, 5.41) is 20.3. The maximum absolute atomic E-state index is 9.44. The van der Waals surface area contributed by atoms with Gasteiger partial charge in [-0.1, -0.05) is 18.3 Å². The highest BCUT2D eigenvalue weighted by molar-refractivity contribution is 7.10. The molecular weight excluding hydrogens is 258 g/mol. The van der Waals surface area contributed by atoms with E-state index < -0.39 is 0 Å². The molecule has 0 radical (unpaired) electrons. The molecule has 1 unspecified atom stereocenters. The summed E-state index contributed by atoms with van der Waals surface area (Å²) < 4.78 is 0. The zero-order valence-electron chi connectivity index (χ0n) is 11.1. The lowest BCUT2D eigenvalue weighted by molar-refractivity contribution is 0.0849. The molecule has 0 spiro atoms. The molecule has 1 aliphatic heterocycles. The topological polar surface area (TPSA) is 43.7 Å². The van der Waals surface area contributed by atoms with E-state index in [0.717, 1.165) is 25.1 Å². The SMILES string of the molecule is OCCC#Cc1ccsc1CN1CCCCC1CO. The quantitative estimate of drug-likeness (QED) is 0.827. The minimum absolute atomic E-state index is 0.116. The number of hydrogen-bond donors (Lipinski definition) is 2. The third kappa shape index (κ3) is 4.05. The average Bonchev–Trinajstić information content (AvgIpc) is 2.87. The van der Waals surface area contributed by atoms with Crippen molar-refractivity contribution < 1.29 is 10.2 Å². The number of likely N-dealkylation sites (tertiary alicyclic amines) is 1. The minimum Gasteiger partial charge on any atom is -0.395 e. The number of hydrogen-bond acceptors (Lipinski definition) is 4. The molecule has 1 aliphatic rings. The standard InChI is InChI=1S/C15H21NO2S/c17-9-4-2-5-13-7-10-19-15(13)11-16-8-3-1-6-14(16)12-18/h7,10,14,17-18H,1,3-4,6,8-9,11-12H2. The van der Waals surface area contributed by atoms with Crippen molar-refractivity contribution in [3.8, 4) is 11.8 Å². The molecular formula is C15H21NO2S. The lowest BCUT2D eigenvalue weighted by Gasteiger charge is -2.34. The van der Waals surface area contributed by atoms with E-state index in [1.165, 1.54) is 17.7 Å². The van der Waals surface area contributed by atoms with Gasteiger partial charge in [0.05, 0.1) is 13.2 Å². The predicted molar refractivity (Wildman–Crippen MR) is 78.0 cm³/mol. The van der Waals surface area contributed by atoms with Gasteiger partial charge in [-0.2, -0.15) is 0 Å². The molecule has 0 aromatic carbocycles. The molecule has 0 saturated carbocycles. The Labute approximate surface area is 118 Å². The summed E-state index contributed by atoms with van der Waals surface area (Å²) >= 11 is 1.73. The first-order chi connectivity index (χ1) is 9.35. The van der Waals surface area contributed by atoms with Crippen molar-refractivity contribution in [2.24, 2.45) is 0 Å². The molecule has 2 heterocycles. The molecule has 19 heavy (non-hydrogen) atoms. The van der Waals surface area contributed by atoms with Gasteiger partial charge in [0.15, 0.2) is 0 Å². The van der Waals surface area contributed by atoms with Crippen molar-refractivity contribution in [3.63, 3.8) is 0 Å². The Balaban J connectivity index is 2.02. The van der Waals surface area contributed by atoms with Gasteiger partial charge in [-0.25, -0.2) is 0 Å². The first-order valence-corrected chi connectivity index (χ1v) is 7.74. The lowest BCUT2D eigenvalue weighted by Crippen LogP contribution is -2.41. The van der Waals surface area contributed by atoms with Crippen molar-refractivity contribution in [2.75, 3.05) is 19.8 Å². The maximum atomic E-state index is 9.44. The highest BCUT2D eigenvalue weighted by Crippen LogP contribution is 2.23. The minimum atomic E-state index is 0.116. The normalized spacial score (nSPS) is 20.0. The average molecular weight is 279 g/mol. The highest BCUT2D eigenvalue weighted by atomic mass is 32.1. The van der Waals surface area contributed by atoms with Crippen LogP contribution in [-0.2, 0) is 6.54 Å². The van der Waals surface area contributed by atoms with Crippen LogP contribution in [0.15, 0.2) is 11.4 Å². The highest BCUT2D eigenvalue weighted by Gasteiger charge is 2.22. The van der Waals surface area contributed by atoms with Crippen LogP contribution in [0.3, 0.4) is 0 Å². The van der Waals surface area contributed by atoms with Crippen LogP contribution in [0.5, 0.6) is 0 Å². The van der Waals surface area contributed by atoms with Crippen LogP contribution >= 0.6 is 11.3 Å². The van der Waals surface area contributed by atoms with Crippen LogP contribution in [0.4, 0.5) is 0 Å². The van der Waals surface area contributed by atoms with Crippen molar-refractivity contribution in [1.29, 1.82) is 0 Å². The summed E-state index contributed by atoms with van der Waals surface area (Å²) in [6.07, 6.45) is 4.05. The Kier molecular flexibility index (Phi) is 5.87. The van der Waals surface area contributed by atoms with E-state index in [1.54, 1.807) is 11.3 Å². The molecule has 2 N–H and O–H groups in total. The molecule has 1 atom stereocenters. The number of nitrogens with zero attached hydrogens (tertiary/aromatic N) is 1. The second-order valence-electron chi connectivity index (χ2n) is 4.84. The monoisotopic (exact) mass is 279 g/mol. The molecule has 1 aromatic heterocycles. The Morgan fingerprint density at radius 1 is 1.37 bits per heavy atom. The van der Waals surface area contributed by atoms with E-state index >= 15 is 0 Å². The Morgan fingerprint density at radius 3 is 3.05 bits per heavy atom. The van der Waals surface area contributed by atoms with Gasteiger partial charge < -0.3 is 10.2 Å². The van der Waals surface area contributed by atoms with Gasteiger partial charge in [0.25, 0.3) is 0 Å². The zero-order valence-corrected chi connectivity index (χ0v) is 12.0. The van der Waals surface area contributed by atoms with Crippen LogP contribution in [0, 0.1) is 11.8 Å². The van der Waals surface area contributed by atoms with Gasteiger partial charge in [0.1, 0.15) is 0 Å². The van der Waals surface area contributed by atoms with E-state index in [9.17, 15) is 5.11 Å². The molecule has 0 bridgehead atoms. The van der Waals surface area contributed by atoms with Gasteiger partial charge in [-0.05, 0) is 30.8 Å². The smallest absolute Gasteiger partial charge is 0.0587 e. The summed E-state index contributed by atoms with van der Waals surface area (Å²) in [5.74, 6) is 6.11. The summed E-state index contributed by atoms with van der Waals surface area (Å²) in [7, 11) is 0. The summed E-state index contributed by atoms with van der Waals surface area (Å²) in [5.41, 5.74) is 1.07. The number of piperidine rings is 1. The fourth-order valence-corrected chi connectivity index (χ4v) is 3.30. The summed E-state index contributed by atoms with van der Waals surface area (Å²) in [4.78, 5) is 3.64. The van der Waals surface area contributed by atoms with Crippen molar-refractivity contribution >= 4 is 11.3 Å². The third-order valence-corrected chi connectivity index (χ3v) is 4.42. The number of aliphatic hydroxyl groups is 2. The Bertz CT molecular complexity index is 446. The molecule has 3 nitrogen and oxygen atoms in total. The molecule has 1 saturated heterocycles. The van der Waals surface area contributed by atoms with Crippen LogP contribution in [0.1, 0.15) is 36.1 Å². The Hall–Kier alpha value is -0.860. The molecule has 104 valence electrons. The van der Waals surface area contributed by atoms with E-state index in [-0.39, 0.29) is 13.2 Å². The van der Waals surface area contributed by atoms with Crippen LogP contribution in [0.2, 0.25) is 0 Å². The largest absolute Gasteiger partial charge is 0.395 e. The van der Waals surface area contributed by atoms with Crippen LogP contribution in [-0.4, -0.2) is 40.9 Å². The van der Waals surface area contributed by atoms with Gasteiger partial charge in [-0.3, -0.25) is 4.90 Å². The van der Waals surface area contributed by atoms with Gasteiger partial charge in [0.2, 0.25) is 0 Å². The van der Waals surface area contributed by atoms with E-state index in [0.29, 0.717) is 12.5 Å². The van der Waals surface area contributed by atoms with Crippen molar-refractivity contribution in [2.45, 2.75) is 38.3 Å². The first kappa shape index (κ1) is 14.5. The molecule has 4 heteroatoms. The Morgan fingerprint density at radius 2 is 2.26 bits per heavy atom. The number of aliphatic hydroxyl groups excluding tert-OH is 2. The van der Waals surface area contributed by atoms with Gasteiger partial charge in [0, 0.05) is 29.4 Å². The molecule has 0 aliphatic carbocycles. The lowest BCUT2D eigenvalue weighted by atomic mass is 10.0. The first-order valence-electron chi connectivity index (χ1n) is 6.86. The van der Waals surface area contributed by atoms with Gasteiger partial charge >= 0.3 is 0 Å². The van der Waals surface area contributed by atoms with Gasteiger partial charge in [-0.15, -0.1) is 11.3 Å². The third-order valence-electron chi connectivity index (χ3n) is 3.51. The van der Waals surface area contributed by atoms with Crippen molar-refractivity contribution in [1.82, 2.24) is 4.90 Å². The summed E-state index contributed by atoms with van der Waals surface area (Å²) in [6, 6.07) is 2.34. The van der Waals surface area contributed by atoms with Crippen LogP contribution in [0.25, 0.3) is 0 Å². The maximum Gasteiger partial charge on any atom is 0.0587 e. The molecule has 1 aromatic rings. The number of rotatable bonds is 4. The zero-order chi connectivity index (χ0) is 13.5. The molecule has 1 fully saturated rings. The van der Waals surface area contributed by atoms with Crippen molar-refractivity contribution in [3.05, 3.63) is 21.9 Å². The van der Waals surface area contributed by atoms with E-state index in [2.05, 4.69) is 22.1 Å². The number of thiophene rings is 1. The summed E-state index contributed by atoms with van der Waals surface area (Å²) in [6.45, 7) is 2.31.